The molecule has 3 atom stereocenters. The summed E-state index contributed by atoms with van der Waals surface area (Å²) in [7, 11) is 0. The number of carbonyl (C=O) groups excluding carboxylic acids is 2. The number of para-hydroxylation sites is 2. The lowest BCUT2D eigenvalue weighted by molar-refractivity contribution is -0.384. The second-order valence-corrected chi connectivity index (χ2v) is 8.56. The van der Waals surface area contributed by atoms with E-state index in [9.17, 15) is 19.7 Å². The fourth-order valence-corrected chi connectivity index (χ4v) is 4.53. The Morgan fingerprint density at radius 2 is 1.87 bits per heavy atom. The van der Waals surface area contributed by atoms with E-state index in [-0.39, 0.29) is 41.1 Å². The molecule has 1 amide bonds. The van der Waals surface area contributed by atoms with E-state index >= 15 is 0 Å². The summed E-state index contributed by atoms with van der Waals surface area (Å²) in [6, 6.07) is 6.78. The van der Waals surface area contributed by atoms with Crippen LogP contribution in [0.15, 0.2) is 24.3 Å². The van der Waals surface area contributed by atoms with Crippen molar-refractivity contribution >= 4 is 23.3 Å². The second-order valence-electron chi connectivity index (χ2n) is 8.56. The van der Waals surface area contributed by atoms with Crippen molar-refractivity contribution in [3.63, 3.8) is 0 Å². The summed E-state index contributed by atoms with van der Waals surface area (Å²) >= 11 is 0. The summed E-state index contributed by atoms with van der Waals surface area (Å²) in [5, 5.41) is 14.2. The zero-order valence-corrected chi connectivity index (χ0v) is 17.7. The molecule has 1 saturated carbocycles. The number of amides is 1. The molecule has 1 heterocycles. The van der Waals surface area contributed by atoms with E-state index in [1.165, 1.54) is 12.5 Å². The Balaban J connectivity index is 1.44. The predicted octanol–water partition coefficient (Wildman–Crippen LogP) is 3.30. The summed E-state index contributed by atoms with van der Waals surface area (Å²) in [6.45, 7) is 5.19. The molecule has 1 saturated heterocycles. The van der Waals surface area contributed by atoms with Gasteiger partial charge < -0.3 is 15.0 Å². The van der Waals surface area contributed by atoms with Crippen LogP contribution in [0.1, 0.15) is 46.0 Å². The predicted molar refractivity (Wildman–Crippen MR) is 113 cm³/mol. The first-order valence-electron chi connectivity index (χ1n) is 10.8. The number of nitrogens with zero attached hydrogens (tertiary/aromatic N) is 2. The molecule has 3 rings (SSSR count). The Kier molecular flexibility index (Phi) is 7.29. The molecule has 1 aliphatic heterocycles. The van der Waals surface area contributed by atoms with Crippen LogP contribution in [-0.4, -0.2) is 42.5 Å². The van der Waals surface area contributed by atoms with E-state index in [4.69, 9.17) is 4.74 Å². The summed E-state index contributed by atoms with van der Waals surface area (Å²) in [5.41, 5.74) is 0.644. The molecule has 1 aromatic carbocycles. The Morgan fingerprint density at radius 3 is 2.57 bits per heavy atom. The number of benzene rings is 1. The number of carbonyl (C=O) groups is 2. The quantitative estimate of drug-likeness (QED) is 0.433. The number of nitro groups is 1. The molecule has 30 heavy (non-hydrogen) atoms. The van der Waals surface area contributed by atoms with Crippen molar-refractivity contribution < 1.29 is 19.2 Å². The van der Waals surface area contributed by atoms with Gasteiger partial charge in [0.15, 0.2) is 6.61 Å². The summed E-state index contributed by atoms with van der Waals surface area (Å²) in [6.07, 6.45) is 4.35. The molecule has 0 spiro atoms. The summed E-state index contributed by atoms with van der Waals surface area (Å²) < 4.78 is 5.27. The Hall–Kier alpha value is -2.64. The zero-order chi connectivity index (χ0) is 21.7. The van der Waals surface area contributed by atoms with Gasteiger partial charge in [-0.15, -0.1) is 0 Å². The van der Waals surface area contributed by atoms with Gasteiger partial charge in [0.1, 0.15) is 5.69 Å². The third kappa shape index (κ3) is 5.29. The van der Waals surface area contributed by atoms with Gasteiger partial charge in [0.05, 0.1) is 10.8 Å². The number of esters is 1. The Morgan fingerprint density at radius 1 is 1.17 bits per heavy atom. The van der Waals surface area contributed by atoms with Crippen molar-refractivity contribution in [2.45, 2.75) is 52.0 Å². The van der Waals surface area contributed by atoms with Gasteiger partial charge in [0.25, 0.3) is 11.6 Å². The third-order valence-corrected chi connectivity index (χ3v) is 6.65. The van der Waals surface area contributed by atoms with Gasteiger partial charge in [-0.3, -0.25) is 19.7 Å². The van der Waals surface area contributed by atoms with E-state index in [2.05, 4.69) is 19.2 Å². The number of anilines is 1. The average Bonchev–Trinajstić information content (AvgIpc) is 2.75. The van der Waals surface area contributed by atoms with Crippen LogP contribution in [0.4, 0.5) is 11.4 Å². The minimum Gasteiger partial charge on any atom is -0.455 e. The van der Waals surface area contributed by atoms with Crippen LogP contribution in [0.25, 0.3) is 0 Å². The molecule has 2 aliphatic rings. The van der Waals surface area contributed by atoms with Crippen molar-refractivity contribution in [2.24, 2.45) is 17.8 Å². The highest BCUT2D eigenvalue weighted by molar-refractivity contribution is 5.81. The Labute approximate surface area is 177 Å². The maximum atomic E-state index is 12.4. The van der Waals surface area contributed by atoms with Gasteiger partial charge >= 0.3 is 5.97 Å². The van der Waals surface area contributed by atoms with E-state index in [1.54, 1.807) is 18.2 Å². The maximum absolute atomic E-state index is 12.4. The molecule has 8 nitrogen and oxygen atoms in total. The third-order valence-electron chi connectivity index (χ3n) is 6.65. The van der Waals surface area contributed by atoms with Crippen molar-refractivity contribution in [1.29, 1.82) is 0 Å². The van der Waals surface area contributed by atoms with E-state index in [1.807, 2.05) is 4.90 Å². The number of ether oxygens (including phenoxy) is 1. The van der Waals surface area contributed by atoms with Crippen LogP contribution in [0.5, 0.6) is 0 Å². The number of rotatable bonds is 6. The lowest BCUT2D eigenvalue weighted by Gasteiger charge is -2.34. The van der Waals surface area contributed by atoms with Gasteiger partial charge in [-0.1, -0.05) is 38.8 Å². The molecule has 0 unspecified atom stereocenters. The van der Waals surface area contributed by atoms with Crippen molar-refractivity contribution in [3.8, 4) is 0 Å². The standard InChI is InChI=1S/C22H31N3O5/c1-15-6-5-7-18(16(15)2)23-21(26)14-30-22(27)17-10-12-24(13-11-17)19-8-3-4-9-20(19)25(28)29/h3-4,8-9,15-18H,5-7,10-14H2,1-2H3,(H,23,26)/t15-,16+,18+/m0/s1. The first kappa shape index (κ1) is 22.1. The topological polar surface area (TPSA) is 102 Å². The minimum absolute atomic E-state index is 0.0708. The van der Waals surface area contributed by atoms with Crippen LogP contribution in [0.2, 0.25) is 0 Å². The molecule has 8 heteroatoms. The molecule has 0 aromatic heterocycles. The van der Waals surface area contributed by atoms with Crippen molar-refractivity contribution in [2.75, 3.05) is 24.6 Å². The Bertz CT molecular complexity index is 776. The van der Waals surface area contributed by atoms with E-state index < -0.39 is 0 Å². The van der Waals surface area contributed by atoms with Gasteiger partial charge in [-0.2, -0.15) is 0 Å². The number of nitrogens with one attached hydrogen (secondary N) is 1. The molecule has 1 aromatic rings. The number of hydrogen-bond acceptors (Lipinski definition) is 6. The van der Waals surface area contributed by atoms with Gasteiger partial charge in [0, 0.05) is 25.2 Å². The van der Waals surface area contributed by atoms with Crippen LogP contribution in [0, 0.1) is 27.9 Å². The van der Waals surface area contributed by atoms with Crippen molar-refractivity contribution in [1.82, 2.24) is 5.32 Å². The molecule has 164 valence electrons. The van der Waals surface area contributed by atoms with Gasteiger partial charge in [0.2, 0.25) is 0 Å². The molecule has 0 radical (unpaired) electrons. The van der Waals surface area contributed by atoms with E-state index in [0.29, 0.717) is 43.5 Å². The molecular weight excluding hydrogens is 386 g/mol. The maximum Gasteiger partial charge on any atom is 0.309 e. The second kappa shape index (κ2) is 9.91. The van der Waals surface area contributed by atoms with Crippen molar-refractivity contribution in [3.05, 3.63) is 34.4 Å². The number of nitro benzene ring substituents is 1. The van der Waals surface area contributed by atoms with Crippen LogP contribution in [0.3, 0.4) is 0 Å². The van der Waals surface area contributed by atoms with E-state index in [0.717, 1.165) is 12.8 Å². The molecule has 1 aliphatic carbocycles. The average molecular weight is 418 g/mol. The molecule has 0 bridgehead atoms. The summed E-state index contributed by atoms with van der Waals surface area (Å²) in [5.74, 6) is 0.108. The number of hydrogen-bond donors (Lipinski definition) is 1. The fraction of sp³-hybridized carbons (Fsp3) is 0.636. The zero-order valence-electron chi connectivity index (χ0n) is 17.7. The molecule has 1 N–H and O–H groups in total. The highest BCUT2D eigenvalue weighted by Gasteiger charge is 2.31. The highest BCUT2D eigenvalue weighted by Crippen LogP contribution is 2.32. The largest absolute Gasteiger partial charge is 0.455 e. The smallest absolute Gasteiger partial charge is 0.309 e. The van der Waals surface area contributed by atoms with Crippen LogP contribution >= 0.6 is 0 Å². The first-order valence-corrected chi connectivity index (χ1v) is 10.8. The SMILES string of the molecule is C[C@@H]1[C@@H](C)CCC[C@H]1NC(=O)COC(=O)C1CCN(c2ccccc2[N+](=O)[O-])CC1. The lowest BCUT2D eigenvalue weighted by atomic mass is 9.78. The van der Waals surface area contributed by atoms with Crippen LogP contribution < -0.4 is 10.2 Å². The first-order chi connectivity index (χ1) is 14.4. The molecular formula is C22H31N3O5. The monoisotopic (exact) mass is 417 g/mol. The lowest BCUT2D eigenvalue weighted by Crippen LogP contribution is -2.45. The minimum atomic E-state index is -0.387. The van der Waals surface area contributed by atoms with Gasteiger partial charge in [-0.25, -0.2) is 0 Å². The van der Waals surface area contributed by atoms with Crippen LogP contribution in [-0.2, 0) is 14.3 Å². The summed E-state index contributed by atoms with van der Waals surface area (Å²) in [4.78, 5) is 37.4. The number of piperidine rings is 1. The molecule has 2 fully saturated rings. The normalized spacial score (nSPS) is 24.9. The fourth-order valence-electron chi connectivity index (χ4n) is 4.53. The highest BCUT2D eigenvalue weighted by atomic mass is 16.6. The van der Waals surface area contributed by atoms with Gasteiger partial charge in [-0.05, 0) is 37.2 Å².